The second-order valence-corrected chi connectivity index (χ2v) is 5.71. The number of halogens is 5. The molecule has 0 spiro atoms. The van der Waals surface area contributed by atoms with Crippen LogP contribution in [0.4, 0.5) is 18.9 Å². The van der Waals surface area contributed by atoms with Crippen molar-refractivity contribution >= 4 is 40.6 Å². The fraction of sp³-hybridized carbons (Fsp3) is 0.0588. The molecule has 0 radical (unpaired) electrons. The summed E-state index contributed by atoms with van der Waals surface area (Å²) in [6.45, 7) is 0. The molecule has 0 fully saturated rings. The van der Waals surface area contributed by atoms with Crippen LogP contribution in [-0.2, 0) is 9.53 Å². The van der Waals surface area contributed by atoms with Gasteiger partial charge in [-0.05, 0) is 24.3 Å². The summed E-state index contributed by atoms with van der Waals surface area (Å²) in [6, 6.07) is 4.43. The topological polar surface area (TPSA) is 55.4 Å². The Balaban J connectivity index is 2.42. The molecule has 0 saturated carbocycles. The number of benzene rings is 2. The molecule has 2 rings (SSSR count). The standard InChI is InChI=1S/C17H10Cl2F3NO3/c1-26-17(25)10(7-23-15-3-2-8(20)4-14(15)22)16(24)9-5-13(21)12(19)6-11(9)18/h2-7,23H,1H3. The Labute approximate surface area is 156 Å². The Morgan fingerprint density at radius 2 is 1.73 bits per heavy atom. The zero-order valence-corrected chi connectivity index (χ0v) is 14.6. The third-order valence-electron chi connectivity index (χ3n) is 3.21. The van der Waals surface area contributed by atoms with E-state index in [1.807, 2.05) is 0 Å². The molecule has 0 atom stereocenters. The molecule has 0 heterocycles. The number of hydrogen-bond acceptors (Lipinski definition) is 4. The highest BCUT2D eigenvalue weighted by atomic mass is 35.5. The summed E-state index contributed by atoms with van der Waals surface area (Å²) in [7, 11) is 1.02. The molecule has 2 aromatic carbocycles. The molecule has 1 N–H and O–H groups in total. The van der Waals surface area contributed by atoms with Crippen LogP contribution in [0.5, 0.6) is 0 Å². The maximum Gasteiger partial charge on any atom is 0.343 e. The van der Waals surface area contributed by atoms with Gasteiger partial charge >= 0.3 is 5.97 Å². The van der Waals surface area contributed by atoms with Crippen molar-refractivity contribution in [3.8, 4) is 0 Å². The molecule has 0 saturated heterocycles. The summed E-state index contributed by atoms with van der Waals surface area (Å²) in [5.41, 5.74) is -1.12. The van der Waals surface area contributed by atoms with Crippen LogP contribution >= 0.6 is 23.2 Å². The van der Waals surface area contributed by atoms with Crippen LogP contribution in [0.3, 0.4) is 0 Å². The Bertz CT molecular complexity index is 916. The number of ketones is 1. The molecule has 26 heavy (non-hydrogen) atoms. The summed E-state index contributed by atoms with van der Waals surface area (Å²) in [5, 5.41) is 1.87. The van der Waals surface area contributed by atoms with Crippen LogP contribution < -0.4 is 5.32 Å². The number of rotatable bonds is 5. The predicted octanol–water partition coefficient (Wildman–Crippen LogP) is 4.76. The summed E-state index contributed by atoms with van der Waals surface area (Å²) < 4.78 is 44.7. The van der Waals surface area contributed by atoms with Crippen molar-refractivity contribution in [1.29, 1.82) is 0 Å². The van der Waals surface area contributed by atoms with Crippen LogP contribution in [-0.4, -0.2) is 18.9 Å². The van der Waals surface area contributed by atoms with Crippen LogP contribution in [0.15, 0.2) is 42.1 Å². The monoisotopic (exact) mass is 403 g/mol. The van der Waals surface area contributed by atoms with Gasteiger partial charge < -0.3 is 10.1 Å². The molecular weight excluding hydrogens is 394 g/mol. The number of methoxy groups -OCH3 is 1. The molecule has 0 aliphatic rings. The first-order valence-electron chi connectivity index (χ1n) is 6.94. The predicted molar refractivity (Wildman–Crippen MR) is 90.8 cm³/mol. The third-order valence-corrected chi connectivity index (χ3v) is 3.81. The van der Waals surface area contributed by atoms with E-state index in [0.717, 1.165) is 37.6 Å². The van der Waals surface area contributed by atoms with Gasteiger partial charge in [-0.3, -0.25) is 4.79 Å². The second-order valence-electron chi connectivity index (χ2n) is 4.89. The molecule has 4 nitrogen and oxygen atoms in total. The Morgan fingerprint density at radius 1 is 1.04 bits per heavy atom. The summed E-state index contributed by atoms with van der Waals surface area (Å²) in [4.78, 5) is 24.4. The number of carbonyl (C=O) groups is 2. The number of esters is 1. The highest BCUT2D eigenvalue weighted by Crippen LogP contribution is 2.26. The first-order valence-corrected chi connectivity index (χ1v) is 7.69. The molecule has 2 aromatic rings. The zero-order chi connectivity index (χ0) is 19.4. The van der Waals surface area contributed by atoms with E-state index >= 15 is 0 Å². The minimum atomic E-state index is -1.07. The van der Waals surface area contributed by atoms with Gasteiger partial charge in [0.2, 0.25) is 5.78 Å². The largest absolute Gasteiger partial charge is 0.465 e. The number of carbonyl (C=O) groups excluding carboxylic acids is 2. The van der Waals surface area contributed by atoms with E-state index in [-0.39, 0.29) is 21.3 Å². The van der Waals surface area contributed by atoms with Crippen molar-refractivity contribution in [3.05, 3.63) is 75.2 Å². The van der Waals surface area contributed by atoms with Crippen LogP contribution in [0.25, 0.3) is 0 Å². The molecule has 9 heteroatoms. The van der Waals surface area contributed by atoms with Crippen LogP contribution in [0.2, 0.25) is 10.0 Å². The molecule has 0 aromatic heterocycles. The summed E-state index contributed by atoms with van der Waals surface area (Å²) in [5.74, 6) is -4.72. The SMILES string of the molecule is COC(=O)C(=CNc1ccc(F)cc1F)C(=O)c1cc(F)c(Cl)cc1Cl. The van der Waals surface area contributed by atoms with E-state index in [1.54, 1.807) is 0 Å². The van der Waals surface area contributed by atoms with E-state index in [9.17, 15) is 22.8 Å². The highest BCUT2D eigenvalue weighted by Gasteiger charge is 2.24. The molecule has 0 amide bonds. The van der Waals surface area contributed by atoms with Crippen molar-refractivity contribution in [2.45, 2.75) is 0 Å². The van der Waals surface area contributed by atoms with Crippen molar-refractivity contribution in [1.82, 2.24) is 0 Å². The van der Waals surface area contributed by atoms with Gasteiger partial charge in [0.05, 0.1) is 22.8 Å². The Morgan fingerprint density at radius 3 is 2.35 bits per heavy atom. The lowest BCUT2D eigenvalue weighted by Crippen LogP contribution is -2.17. The number of nitrogens with one attached hydrogen (secondary N) is 1. The smallest absolute Gasteiger partial charge is 0.343 e. The average Bonchev–Trinajstić information content (AvgIpc) is 2.59. The van der Waals surface area contributed by atoms with Gasteiger partial charge in [0, 0.05) is 17.8 Å². The van der Waals surface area contributed by atoms with E-state index in [4.69, 9.17) is 23.2 Å². The molecule has 0 unspecified atom stereocenters. The van der Waals surface area contributed by atoms with Gasteiger partial charge in [-0.2, -0.15) is 0 Å². The van der Waals surface area contributed by atoms with E-state index < -0.39 is 34.8 Å². The van der Waals surface area contributed by atoms with Crippen molar-refractivity contribution in [2.75, 3.05) is 12.4 Å². The summed E-state index contributed by atoms with van der Waals surface area (Å²) in [6.07, 6.45) is 0.854. The van der Waals surface area contributed by atoms with Crippen molar-refractivity contribution in [2.24, 2.45) is 0 Å². The van der Waals surface area contributed by atoms with E-state index in [1.165, 1.54) is 0 Å². The number of ether oxygens (including phenoxy) is 1. The Kier molecular flexibility index (Phi) is 6.28. The normalized spacial score (nSPS) is 11.2. The fourth-order valence-electron chi connectivity index (χ4n) is 1.93. The van der Waals surface area contributed by atoms with Gasteiger partial charge in [0.25, 0.3) is 0 Å². The van der Waals surface area contributed by atoms with Crippen LogP contribution in [0.1, 0.15) is 10.4 Å². The minimum absolute atomic E-state index is 0.191. The molecule has 0 aliphatic carbocycles. The maximum absolute atomic E-state index is 13.7. The molecule has 0 aliphatic heterocycles. The quantitative estimate of drug-likeness (QED) is 0.195. The first kappa shape index (κ1) is 19.8. The van der Waals surface area contributed by atoms with Gasteiger partial charge in [-0.15, -0.1) is 0 Å². The van der Waals surface area contributed by atoms with Crippen molar-refractivity contribution in [3.63, 3.8) is 0 Å². The van der Waals surface area contributed by atoms with Crippen molar-refractivity contribution < 1.29 is 27.5 Å². The lowest BCUT2D eigenvalue weighted by Gasteiger charge is -2.09. The maximum atomic E-state index is 13.7. The lowest BCUT2D eigenvalue weighted by molar-refractivity contribution is -0.135. The van der Waals surface area contributed by atoms with Gasteiger partial charge in [0.15, 0.2) is 0 Å². The van der Waals surface area contributed by atoms with E-state index in [2.05, 4.69) is 10.1 Å². The lowest BCUT2D eigenvalue weighted by atomic mass is 10.0. The highest BCUT2D eigenvalue weighted by molar-refractivity contribution is 6.39. The number of Topliss-reactive ketones (excluding diaryl/α,β-unsaturated/α-hetero) is 1. The van der Waals surface area contributed by atoms with Gasteiger partial charge in [0.1, 0.15) is 23.0 Å². The fourth-order valence-corrected chi connectivity index (χ4v) is 2.39. The van der Waals surface area contributed by atoms with Crippen LogP contribution in [0, 0.1) is 17.5 Å². The third kappa shape index (κ3) is 4.36. The molecule has 136 valence electrons. The first-order chi connectivity index (χ1) is 12.2. The number of anilines is 1. The Hall–Kier alpha value is -2.51. The zero-order valence-electron chi connectivity index (χ0n) is 13.1. The summed E-state index contributed by atoms with van der Waals surface area (Å²) >= 11 is 11.4. The molecule has 0 bridgehead atoms. The average molecular weight is 404 g/mol. The number of hydrogen-bond donors (Lipinski definition) is 1. The molecular formula is C17H10Cl2F3NO3. The van der Waals surface area contributed by atoms with E-state index in [0.29, 0.717) is 6.07 Å². The second kappa shape index (κ2) is 8.25. The van der Waals surface area contributed by atoms with Gasteiger partial charge in [-0.25, -0.2) is 18.0 Å². The minimum Gasteiger partial charge on any atom is -0.465 e. The van der Waals surface area contributed by atoms with Gasteiger partial charge in [-0.1, -0.05) is 23.2 Å².